The third kappa shape index (κ3) is 6.30. The zero-order chi connectivity index (χ0) is 18.6. The Hall–Kier alpha value is -0.870. The number of hydrogen-bond acceptors (Lipinski definition) is 3. The highest BCUT2D eigenvalue weighted by molar-refractivity contribution is 5.85. The van der Waals surface area contributed by atoms with Crippen molar-refractivity contribution in [2.24, 2.45) is 5.92 Å². The maximum Gasteiger partial charge on any atom is 0.143 e. The van der Waals surface area contributed by atoms with E-state index in [4.69, 9.17) is 0 Å². The van der Waals surface area contributed by atoms with Crippen LogP contribution in [0.1, 0.15) is 55.7 Å². The van der Waals surface area contributed by atoms with Crippen LogP contribution in [0.5, 0.6) is 0 Å². The molecule has 0 spiro atoms. The molecule has 1 aliphatic carbocycles. The van der Waals surface area contributed by atoms with Crippen LogP contribution in [0, 0.1) is 5.92 Å². The van der Waals surface area contributed by atoms with Gasteiger partial charge in [-0.2, -0.15) is 0 Å². The predicted molar refractivity (Wildman–Crippen MR) is 126 cm³/mol. The van der Waals surface area contributed by atoms with E-state index in [0.29, 0.717) is 12.3 Å². The summed E-state index contributed by atoms with van der Waals surface area (Å²) in [5.41, 5.74) is 6.35. The van der Waals surface area contributed by atoms with Gasteiger partial charge in [-0.3, -0.25) is 14.6 Å². The van der Waals surface area contributed by atoms with Gasteiger partial charge in [0, 0.05) is 13.1 Å². The second-order valence-corrected chi connectivity index (χ2v) is 8.79. The first-order valence-corrected chi connectivity index (χ1v) is 10.9. The van der Waals surface area contributed by atoms with Gasteiger partial charge in [0.15, 0.2) is 0 Å². The molecule has 4 rings (SSSR count). The van der Waals surface area contributed by atoms with Gasteiger partial charge in [-0.15, -0.1) is 24.8 Å². The lowest BCUT2D eigenvalue weighted by molar-refractivity contribution is -0.118. The van der Waals surface area contributed by atoms with E-state index in [-0.39, 0.29) is 24.8 Å². The third-order valence-corrected chi connectivity index (χ3v) is 6.79. The SMILES string of the molecule is CC(=O)CN1CCC(CCN2CC=C(c3cccc4c3CCC4)CC2)CC1.Cl.Cl. The van der Waals surface area contributed by atoms with Gasteiger partial charge in [0.2, 0.25) is 0 Å². The number of halogens is 2. The standard InChI is InChI=1S/C24H34N2O.2ClH/c1-19(27)18-26-14-9-20(10-15-26)8-13-25-16-11-22(12-17-25)24-7-3-5-21-4-2-6-23(21)24;;/h3,5,7,11,20H,2,4,6,8-10,12-18H2,1H3;2*1H. The fraction of sp³-hybridized carbons (Fsp3) is 0.625. The van der Waals surface area contributed by atoms with Crippen molar-refractivity contribution in [2.45, 2.75) is 51.9 Å². The predicted octanol–water partition coefficient (Wildman–Crippen LogP) is 4.80. The quantitative estimate of drug-likeness (QED) is 0.636. The molecular weight excluding hydrogens is 403 g/mol. The van der Waals surface area contributed by atoms with Gasteiger partial charge in [-0.25, -0.2) is 0 Å². The molecular formula is C24H36Cl2N2O. The lowest BCUT2D eigenvalue weighted by atomic mass is 9.91. The Bertz CT molecular complexity index is 711. The minimum absolute atomic E-state index is 0. The van der Waals surface area contributed by atoms with Crippen LogP contribution in [0.15, 0.2) is 24.3 Å². The molecule has 0 bridgehead atoms. The van der Waals surface area contributed by atoms with E-state index in [1.54, 1.807) is 29.2 Å². The summed E-state index contributed by atoms with van der Waals surface area (Å²) in [5.74, 6) is 1.14. The van der Waals surface area contributed by atoms with Crippen molar-refractivity contribution < 1.29 is 4.79 Å². The zero-order valence-electron chi connectivity index (χ0n) is 17.7. The molecule has 2 heterocycles. The third-order valence-electron chi connectivity index (χ3n) is 6.79. The number of piperidine rings is 1. The normalized spacial score (nSPS) is 20.4. The summed E-state index contributed by atoms with van der Waals surface area (Å²) in [6.45, 7) is 8.11. The van der Waals surface area contributed by atoms with E-state index in [1.165, 1.54) is 58.0 Å². The molecule has 29 heavy (non-hydrogen) atoms. The van der Waals surface area contributed by atoms with Crippen molar-refractivity contribution in [3.05, 3.63) is 41.0 Å². The van der Waals surface area contributed by atoms with Gasteiger partial charge in [-0.05, 0) is 99.7 Å². The smallest absolute Gasteiger partial charge is 0.143 e. The molecule has 162 valence electrons. The number of carbonyl (C=O) groups is 1. The summed E-state index contributed by atoms with van der Waals surface area (Å²) in [6.07, 6.45) is 11.4. The Labute approximate surface area is 188 Å². The number of ketones is 1. The zero-order valence-corrected chi connectivity index (χ0v) is 19.3. The molecule has 0 amide bonds. The highest BCUT2D eigenvalue weighted by Crippen LogP contribution is 2.32. The van der Waals surface area contributed by atoms with Crippen LogP contribution >= 0.6 is 24.8 Å². The Balaban J connectivity index is 0.00000150. The van der Waals surface area contributed by atoms with Crippen molar-refractivity contribution in [2.75, 3.05) is 39.3 Å². The number of nitrogens with zero attached hydrogens (tertiary/aromatic N) is 2. The van der Waals surface area contributed by atoms with E-state index in [1.807, 2.05) is 0 Å². The van der Waals surface area contributed by atoms with E-state index >= 15 is 0 Å². The topological polar surface area (TPSA) is 23.6 Å². The summed E-state index contributed by atoms with van der Waals surface area (Å²) in [6, 6.07) is 6.93. The first-order chi connectivity index (χ1) is 13.2. The van der Waals surface area contributed by atoms with Crippen molar-refractivity contribution in [3.8, 4) is 0 Å². The summed E-state index contributed by atoms with van der Waals surface area (Å²) < 4.78 is 0. The van der Waals surface area contributed by atoms with Crippen LogP contribution in [0.2, 0.25) is 0 Å². The van der Waals surface area contributed by atoms with E-state index < -0.39 is 0 Å². The maximum atomic E-state index is 11.3. The van der Waals surface area contributed by atoms with Crippen LogP contribution in [-0.2, 0) is 17.6 Å². The largest absolute Gasteiger partial charge is 0.299 e. The van der Waals surface area contributed by atoms with E-state index in [9.17, 15) is 4.79 Å². The van der Waals surface area contributed by atoms with Gasteiger partial charge in [0.1, 0.15) is 5.78 Å². The summed E-state index contributed by atoms with van der Waals surface area (Å²) in [7, 11) is 0. The molecule has 0 N–H and O–H groups in total. The molecule has 3 aliphatic rings. The molecule has 0 unspecified atom stereocenters. The van der Waals surface area contributed by atoms with Crippen LogP contribution in [0.3, 0.4) is 0 Å². The monoisotopic (exact) mass is 438 g/mol. The van der Waals surface area contributed by atoms with Crippen molar-refractivity contribution >= 4 is 36.2 Å². The maximum absolute atomic E-state index is 11.3. The molecule has 1 aromatic carbocycles. The van der Waals surface area contributed by atoms with Crippen LogP contribution in [-0.4, -0.2) is 54.9 Å². The van der Waals surface area contributed by atoms with Crippen LogP contribution < -0.4 is 0 Å². The lowest BCUT2D eigenvalue weighted by Crippen LogP contribution is -2.38. The summed E-state index contributed by atoms with van der Waals surface area (Å²) in [4.78, 5) is 16.2. The number of Topliss-reactive ketones (excluding diaryl/α,β-unsaturated/α-hetero) is 1. The Kier molecular flexibility index (Phi) is 9.68. The second kappa shape index (κ2) is 11.5. The number of likely N-dealkylation sites (tertiary alicyclic amines) is 1. The Morgan fingerprint density at radius 1 is 1.03 bits per heavy atom. The summed E-state index contributed by atoms with van der Waals surface area (Å²) >= 11 is 0. The van der Waals surface area contributed by atoms with Gasteiger partial charge in [0.05, 0.1) is 6.54 Å². The van der Waals surface area contributed by atoms with E-state index in [0.717, 1.165) is 25.6 Å². The molecule has 1 aromatic rings. The average molecular weight is 439 g/mol. The van der Waals surface area contributed by atoms with Crippen LogP contribution in [0.25, 0.3) is 5.57 Å². The second-order valence-electron chi connectivity index (χ2n) is 8.79. The Morgan fingerprint density at radius 3 is 2.52 bits per heavy atom. The molecule has 0 saturated carbocycles. The molecule has 0 radical (unpaired) electrons. The number of benzene rings is 1. The number of hydrogen-bond donors (Lipinski definition) is 0. The molecule has 3 nitrogen and oxygen atoms in total. The van der Waals surface area contributed by atoms with E-state index in [2.05, 4.69) is 34.1 Å². The molecule has 1 fully saturated rings. The fourth-order valence-electron chi connectivity index (χ4n) is 5.19. The van der Waals surface area contributed by atoms with Gasteiger partial charge in [0.25, 0.3) is 0 Å². The minimum Gasteiger partial charge on any atom is -0.299 e. The van der Waals surface area contributed by atoms with Gasteiger partial charge >= 0.3 is 0 Å². The fourth-order valence-corrected chi connectivity index (χ4v) is 5.19. The number of aryl methyl sites for hydroxylation is 1. The van der Waals surface area contributed by atoms with Gasteiger partial charge < -0.3 is 0 Å². The highest BCUT2D eigenvalue weighted by Gasteiger charge is 2.22. The van der Waals surface area contributed by atoms with Gasteiger partial charge in [-0.1, -0.05) is 24.3 Å². The lowest BCUT2D eigenvalue weighted by Gasteiger charge is -2.33. The van der Waals surface area contributed by atoms with Crippen LogP contribution in [0.4, 0.5) is 0 Å². The van der Waals surface area contributed by atoms with Crippen molar-refractivity contribution in [1.29, 1.82) is 0 Å². The van der Waals surface area contributed by atoms with Crippen molar-refractivity contribution in [3.63, 3.8) is 0 Å². The minimum atomic E-state index is 0. The molecule has 2 aliphatic heterocycles. The first kappa shape index (κ1) is 24.4. The number of rotatable bonds is 6. The molecule has 0 aromatic heterocycles. The molecule has 5 heteroatoms. The average Bonchev–Trinajstić information content (AvgIpc) is 3.16. The highest BCUT2D eigenvalue weighted by atomic mass is 35.5. The number of carbonyl (C=O) groups excluding carboxylic acids is 1. The molecule has 0 atom stereocenters. The molecule has 1 saturated heterocycles. The Morgan fingerprint density at radius 2 is 1.83 bits per heavy atom. The van der Waals surface area contributed by atoms with Crippen molar-refractivity contribution in [1.82, 2.24) is 9.80 Å². The number of fused-ring (bicyclic) bond motifs is 1. The first-order valence-electron chi connectivity index (χ1n) is 10.9. The summed E-state index contributed by atoms with van der Waals surface area (Å²) in [5, 5.41) is 0.